The number of ether oxygens (including phenoxy) is 1. The van der Waals surface area contributed by atoms with Crippen LogP contribution < -0.4 is 0 Å². The monoisotopic (exact) mass is 321 g/mol. The molecule has 4 nitrogen and oxygen atoms in total. The molecule has 1 saturated heterocycles. The first-order valence-electron chi connectivity index (χ1n) is 7.57. The van der Waals surface area contributed by atoms with Crippen LogP contribution >= 0.6 is 11.8 Å². The largest absolute Gasteiger partial charge is 0.444 e. The number of nitrogens with zero attached hydrogens (tertiary/aromatic N) is 1. The first kappa shape index (κ1) is 16.9. The molecule has 1 heterocycles. The first-order chi connectivity index (χ1) is 10.4. The van der Waals surface area contributed by atoms with E-state index in [0.717, 1.165) is 32.2 Å². The Morgan fingerprint density at radius 3 is 2.32 bits per heavy atom. The maximum absolute atomic E-state index is 12.0. The lowest BCUT2D eigenvalue weighted by molar-refractivity contribution is 0.0219. The zero-order valence-corrected chi connectivity index (χ0v) is 14.2. The molecule has 5 heteroatoms. The van der Waals surface area contributed by atoms with E-state index in [0.29, 0.717) is 10.8 Å². The maximum Gasteiger partial charge on any atom is 0.410 e. The minimum absolute atomic E-state index is 0.216. The highest BCUT2D eigenvalue weighted by atomic mass is 32.2. The van der Waals surface area contributed by atoms with Gasteiger partial charge in [0, 0.05) is 28.8 Å². The highest BCUT2D eigenvalue weighted by Crippen LogP contribution is 2.30. The molecule has 1 aromatic rings. The predicted molar refractivity (Wildman–Crippen MR) is 88.5 cm³/mol. The van der Waals surface area contributed by atoms with Gasteiger partial charge in [0.2, 0.25) is 0 Å². The molecule has 0 radical (unpaired) electrons. The van der Waals surface area contributed by atoms with Crippen molar-refractivity contribution < 1.29 is 14.3 Å². The lowest BCUT2D eigenvalue weighted by Crippen LogP contribution is -2.42. The van der Waals surface area contributed by atoms with Crippen molar-refractivity contribution in [1.29, 1.82) is 0 Å². The van der Waals surface area contributed by atoms with E-state index < -0.39 is 5.60 Å². The molecule has 0 atom stereocenters. The summed E-state index contributed by atoms with van der Waals surface area (Å²) in [5.74, 6) is 0. The smallest absolute Gasteiger partial charge is 0.410 e. The summed E-state index contributed by atoms with van der Waals surface area (Å²) in [4.78, 5) is 25.6. The van der Waals surface area contributed by atoms with E-state index in [9.17, 15) is 9.59 Å². The molecule has 2 rings (SSSR count). The van der Waals surface area contributed by atoms with Crippen LogP contribution in [0.4, 0.5) is 4.79 Å². The number of carbonyl (C=O) groups excluding carboxylic acids is 2. The molecule has 120 valence electrons. The van der Waals surface area contributed by atoms with Crippen molar-refractivity contribution >= 4 is 24.1 Å². The van der Waals surface area contributed by atoms with Crippen LogP contribution in [0.25, 0.3) is 0 Å². The minimum atomic E-state index is -0.441. The van der Waals surface area contributed by atoms with Crippen molar-refractivity contribution in [3.8, 4) is 0 Å². The van der Waals surface area contributed by atoms with Gasteiger partial charge in [0.15, 0.2) is 0 Å². The molecular weight excluding hydrogens is 298 g/mol. The molecular formula is C17H23NO3S. The zero-order valence-electron chi connectivity index (χ0n) is 13.4. The summed E-state index contributed by atoms with van der Waals surface area (Å²) < 4.78 is 5.40. The van der Waals surface area contributed by atoms with Crippen molar-refractivity contribution in [2.24, 2.45) is 0 Å². The molecule has 0 bridgehead atoms. The quantitative estimate of drug-likeness (QED) is 0.790. The van der Waals surface area contributed by atoms with E-state index >= 15 is 0 Å². The Bertz CT molecular complexity index is 514. The average Bonchev–Trinajstić information content (AvgIpc) is 2.47. The van der Waals surface area contributed by atoms with Gasteiger partial charge < -0.3 is 9.64 Å². The Labute approximate surface area is 136 Å². The predicted octanol–water partition coefficient (Wildman–Crippen LogP) is 3.99. The SMILES string of the molecule is CC(C)(C)OC(=O)N1CCC(Sc2ccc(C=O)cc2)CC1. The van der Waals surface area contributed by atoms with Crippen LogP contribution in [0.3, 0.4) is 0 Å². The number of piperidine rings is 1. The average molecular weight is 321 g/mol. The molecule has 0 N–H and O–H groups in total. The van der Waals surface area contributed by atoms with Gasteiger partial charge in [0.1, 0.15) is 11.9 Å². The van der Waals surface area contributed by atoms with Gasteiger partial charge in [-0.2, -0.15) is 0 Å². The molecule has 1 fully saturated rings. The summed E-state index contributed by atoms with van der Waals surface area (Å²) in [5, 5.41) is 0.501. The van der Waals surface area contributed by atoms with E-state index in [1.807, 2.05) is 56.8 Å². The van der Waals surface area contributed by atoms with Gasteiger partial charge in [-0.05, 0) is 45.7 Å². The molecule has 0 spiro atoms. The van der Waals surface area contributed by atoms with Gasteiger partial charge in [0.25, 0.3) is 0 Å². The van der Waals surface area contributed by atoms with Crippen LogP contribution in [-0.2, 0) is 4.74 Å². The second-order valence-electron chi connectivity index (χ2n) is 6.47. The molecule has 22 heavy (non-hydrogen) atoms. The fourth-order valence-electron chi connectivity index (χ4n) is 2.30. The van der Waals surface area contributed by atoms with E-state index in [1.165, 1.54) is 4.90 Å². The lowest BCUT2D eigenvalue weighted by atomic mass is 10.1. The highest BCUT2D eigenvalue weighted by Gasteiger charge is 2.27. The number of thioether (sulfide) groups is 1. The molecule has 0 unspecified atom stereocenters. The molecule has 1 amide bonds. The summed E-state index contributed by atoms with van der Waals surface area (Å²) in [6.07, 6.45) is 2.55. The number of rotatable bonds is 3. The van der Waals surface area contributed by atoms with Gasteiger partial charge in [0.05, 0.1) is 0 Å². The van der Waals surface area contributed by atoms with Crippen LogP contribution in [0.5, 0.6) is 0 Å². The first-order valence-corrected chi connectivity index (χ1v) is 8.45. The summed E-state index contributed by atoms with van der Waals surface area (Å²) in [6.45, 7) is 7.13. The van der Waals surface area contributed by atoms with Crippen molar-refractivity contribution in [2.75, 3.05) is 13.1 Å². The Morgan fingerprint density at radius 1 is 1.23 bits per heavy atom. The Morgan fingerprint density at radius 2 is 1.82 bits per heavy atom. The normalized spacial score (nSPS) is 16.4. The molecule has 1 aliphatic rings. The lowest BCUT2D eigenvalue weighted by Gasteiger charge is -2.33. The van der Waals surface area contributed by atoms with Gasteiger partial charge in [-0.15, -0.1) is 11.8 Å². The van der Waals surface area contributed by atoms with Crippen LogP contribution in [0, 0.1) is 0 Å². The van der Waals surface area contributed by atoms with Gasteiger partial charge in [-0.3, -0.25) is 4.79 Å². The highest BCUT2D eigenvalue weighted by molar-refractivity contribution is 8.00. The van der Waals surface area contributed by atoms with Crippen molar-refractivity contribution in [1.82, 2.24) is 4.90 Å². The van der Waals surface area contributed by atoms with Gasteiger partial charge in [-0.25, -0.2) is 4.79 Å². The van der Waals surface area contributed by atoms with Crippen molar-refractivity contribution in [3.05, 3.63) is 29.8 Å². The molecule has 1 aromatic carbocycles. The number of aldehydes is 1. The number of carbonyl (C=O) groups is 2. The van der Waals surface area contributed by atoms with Crippen LogP contribution in [0.2, 0.25) is 0 Å². The third kappa shape index (κ3) is 5.05. The zero-order chi connectivity index (χ0) is 16.2. The minimum Gasteiger partial charge on any atom is -0.444 e. The van der Waals surface area contributed by atoms with Gasteiger partial charge in [-0.1, -0.05) is 12.1 Å². The summed E-state index contributed by atoms with van der Waals surface area (Å²) in [5.41, 5.74) is 0.257. The van der Waals surface area contributed by atoms with E-state index in [2.05, 4.69) is 0 Å². The number of likely N-dealkylation sites (tertiary alicyclic amines) is 1. The van der Waals surface area contributed by atoms with Gasteiger partial charge >= 0.3 is 6.09 Å². The second-order valence-corrected chi connectivity index (χ2v) is 7.85. The number of benzene rings is 1. The fraction of sp³-hybridized carbons (Fsp3) is 0.529. The van der Waals surface area contributed by atoms with Crippen LogP contribution in [0.1, 0.15) is 44.0 Å². The Kier molecular flexibility index (Phi) is 5.51. The van der Waals surface area contributed by atoms with E-state index in [1.54, 1.807) is 4.90 Å². The van der Waals surface area contributed by atoms with E-state index in [-0.39, 0.29) is 6.09 Å². The maximum atomic E-state index is 12.0. The molecule has 1 aliphatic heterocycles. The van der Waals surface area contributed by atoms with Crippen molar-refractivity contribution in [3.63, 3.8) is 0 Å². The molecule has 0 aromatic heterocycles. The summed E-state index contributed by atoms with van der Waals surface area (Å²) >= 11 is 1.82. The summed E-state index contributed by atoms with van der Waals surface area (Å²) in [7, 11) is 0. The van der Waals surface area contributed by atoms with E-state index in [4.69, 9.17) is 4.74 Å². The molecule has 0 saturated carbocycles. The Hall–Kier alpha value is -1.49. The number of amides is 1. The Balaban J connectivity index is 1.81. The third-order valence-electron chi connectivity index (χ3n) is 3.41. The summed E-state index contributed by atoms with van der Waals surface area (Å²) in [6, 6.07) is 7.64. The van der Waals surface area contributed by atoms with Crippen LogP contribution in [-0.4, -0.2) is 41.2 Å². The topological polar surface area (TPSA) is 46.6 Å². The molecule has 0 aliphatic carbocycles. The third-order valence-corrected chi connectivity index (χ3v) is 4.76. The van der Waals surface area contributed by atoms with Crippen LogP contribution in [0.15, 0.2) is 29.2 Å². The fourth-order valence-corrected chi connectivity index (χ4v) is 3.42. The number of hydrogen-bond acceptors (Lipinski definition) is 4. The second kappa shape index (κ2) is 7.18. The number of hydrogen-bond donors (Lipinski definition) is 0. The van der Waals surface area contributed by atoms with Crippen molar-refractivity contribution in [2.45, 2.75) is 49.4 Å². The standard InChI is InChI=1S/C17H23NO3S/c1-17(2,3)21-16(20)18-10-8-15(9-11-18)22-14-6-4-13(12-19)5-7-14/h4-7,12,15H,8-11H2,1-3H3.